The Hall–Kier alpha value is -1.36. The van der Waals surface area contributed by atoms with Crippen LogP contribution in [0.15, 0.2) is 22.2 Å². The molecule has 0 amide bonds. The number of nitrogens with zero attached hydrogens (tertiary/aromatic N) is 1. The van der Waals surface area contributed by atoms with Crippen molar-refractivity contribution in [2.45, 2.75) is 39.5 Å². The SMILES string of the molecule is CCO/C(C)=N/OS(=O)c1c(C)cc(C)cc1C. The van der Waals surface area contributed by atoms with E-state index in [4.69, 9.17) is 9.02 Å². The maximum atomic E-state index is 12.0. The van der Waals surface area contributed by atoms with E-state index in [1.165, 1.54) is 0 Å². The molecule has 5 heteroatoms. The van der Waals surface area contributed by atoms with Gasteiger partial charge in [0.15, 0.2) is 0 Å². The molecule has 0 saturated heterocycles. The highest BCUT2D eigenvalue weighted by molar-refractivity contribution is 7.80. The van der Waals surface area contributed by atoms with E-state index in [9.17, 15) is 4.21 Å². The summed E-state index contributed by atoms with van der Waals surface area (Å²) in [6, 6.07) is 3.95. The van der Waals surface area contributed by atoms with Crippen molar-refractivity contribution in [2.24, 2.45) is 5.16 Å². The molecule has 0 aromatic heterocycles. The summed E-state index contributed by atoms with van der Waals surface area (Å²) in [6.45, 7) is 9.85. The molecule has 1 rings (SSSR count). The second-order valence-corrected chi connectivity index (χ2v) is 5.11. The Morgan fingerprint density at radius 1 is 1.28 bits per heavy atom. The summed E-state index contributed by atoms with van der Waals surface area (Å²) in [5.41, 5.74) is 3.02. The molecule has 1 aromatic carbocycles. The Morgan fingerprint density at radius 2 is 1.83 bits per heavy atom. The first-order valence-electron chi connectivity index (χ1n) is 5.80. The second kappa shape index (κ2) is 6.54. The van der Waals surface area contributed by atoms with Crippen LogP contribution in [-0.2, 0) is 20.1 Å². The fourth-order valence-corrected chi connectivity index (χ4v) is 2.68. The van der Waals surface area contributed by atoms with Crippen LogP contribution in [0.4, 0.5) is 0 Å². The third-order valence-electron chi connectivity index (χ3n) is 2.36. The molecule has 0 radical (unpaired) electrons. The van der Waals surface area contributed by atoms with E-state index >= 15 is 0 Å². The molecular formula is C13H19NO3S. The first kappa shape index (κ1) is 14.7. The van der Waals surface area contributed by atoms with Crippen LogP contribution in [0.5, 0.6) is 0 Å². The molecule has 0 aliphatic heterocycles. The third-order valence-corrected chi connectivity index (χ3v) is 3.55. The molecule has 0 aliphatic carbocycles. The predicted molar refractivity (Wildman–Crippen MR) is 72.9 cm³/mol. The lowest BCUT2D eigenvalue weighted by atomic mass is 10.1. The molecule has 0 saturated carbocycles. The van der Waals surface area contributed by atoms with Crippen LogP contribution >= 0.6 is 0 Å². The smallest absolute Gasteiger partial charge is 0.265 e. The van der Waals surface area contributed by atoms with Crippen molar-refractivity contribution in [3.63, 3.8) is 0 Å². The van der Waals surface area contributed by atoms with Gasteiger partial charge in [0.1, 0.15) is 0 Å². The largest absolute Gasteiger partial charge is 0.479 e. The molecule has 0 bridgehead atoms. The molecule has 100 valence electrons. The van der Waals surface area contributed by atoms with Crippen LogP contribution in [-0.4, -0.2) is 16.7 Å². The molecule has 4 nitrogen and oxygen atoms in total. The number of oxime groups is 1. The van der Waals surface area contributed by atoms with E-state index in [-0.39, 0.29) is 0 Å². The van der Waals surface area contributed by atoms with Crippen molar-refractivity contribution < 1.29 is 13.2 Å². The minimum atomic E-state index is -1.61. The zero-order valence-electron chi connectivity index (χ0n) is 11.4. The third kappa shape index (κ3) is 3.84. The van der Waals surface area contributed by atoms with Crippen LogP contribution in [0, 0.1) is 20.8 Å². The molecule has 0 spiro atoms. The molecule has 0 heterocycles. The van der Waals surface area contributed by atoms with Gasteiger partial charge in [-0.2, -0.15) is 0 Å². The van der Waals surface area contributed by atoms with Gasteiger partial charge in [-0.15, -0.1) is 0 Å². The topological polar surface area (TPSA) is 47.9 Å². The average molecular weight is 269 g/mol. The van der Waals surface area contributed by atoms with Crippen molar-refractivity contribution >= 4 is 17.0 Å². The Kier molecular flexibility index (Phi) is 5.34. The minimum Gasteiger partial charge on any atom is -0.479 e. The lowest BCUT2D eigenvalue weighted by Crippen LogP contribution is -2.04. The Balaban J connectivity index is 2.89. The number of ether oxygens (including phenoxy) is 1. The van der Waals surface area contributed by atoms with Gasteiger partial charge in [-0.1, -0.05) is 17.7 Å². The highest BCUT2D eigenvalue weighted by atomic mass is 32.2. The van der Waals surface area contributed by atoms with Crippen LogP contribution in [0.2, 0.25) is 0 Å². The van der Waals surface area contributed by atoms with Crippen molar-refractivity contribution in [3.8, 4) is 0 Å². The van der Waals surface area contributed by atoms with Gasteiger partial charge in [-0.3, -0.25) is 4.28 Å². The molecular weight excluding hydrogens is 250 g/mol. The number of rotatable bonds is 4. The first-order chi connectivity index (χ1) is 8.45. The van der Waals surface area contributed by atoms with Gasteiger partial charge in [0.2, 0.25) is 5.90 Å². The van der Waals surface area contributed by atoms with Crippen molar-refractivity contribution in [2.75, 3.05) is 6.61 Å². The highest BCUT2D eigenvalue weighted by Gasteiger charge is 2.13. The number of hydrogen-bond acceptors (Lipinski definition) is 4. The van der Waals surface area contributed by atoms with Crippen LogP contribution in [0.25, 0.3) is 0 Å². The summed E-state index contributed by atoms with van der Waals surface area (Å²) in [5, 5.41) is 3.69. The summed E-state index contributed by atoms with van der Waals surface area (Å²) in [4.78, 5) is 0.675. The van der Waals surface area contributed by atoms with Crippen LogP contribution < -0.4 is 0 Å². The quantitative estimate of drug-likeness (QED) is 0.479. The first-order valence-corrected chi connectivity index (χ1v) is 6.87. The van der Waals surface area contributed by atoms with E-state index < -0.39 is 11.1 Å². The van der Waals surface area contributed by atoms with Crippen LogP contribution in [0.3, 0.4) is 0 Å². The summed E-state index contributed by atoms with van der Waals surface area (Å²) in [5.74, 6) is 0.369. The normalized spacial score (nSPS) is 13.3. The maximum Gasteiger partial charge on any atom is 0.265 e. The molecule has 0 fully saturated rings. The maximum absolute atomic E-state index is 12.0. The molecule has 0 aliphatic rings. The molecule has 1 atom stereocenters. The van der Waals surface area contributed by atoms with Crippen molar-refractivity contribution in [3.05, 3.63) is 28.8 Å². The van der Waals surface area contributed by atoms with Gasteiger partial charge < -0.3 is 4.74 Å². The van der Waals surface area contributed by atoms with E-state index in [0.717, 1.165) is 16.7 Å². The summed E-state index contributed by atoms with van der Waals surface area (Å²) in [7, 11) is 0. The van der Waals surface area contributed by atoms with E-state index in [2.05, 4.69) is 5.16 Å². The lowest BCUT2D eigenvalue weighted by Gasteiger charge is -2.09. The van der Waals surface area contributed by atoms with Gasteiger partial charge in [0.25, 0.3) is 11.1 Å². The number of hydrogen-bond donors (Lipinski definition) is 0. The molecule has 18 heavy (non-hydrogen) atoms. The Bertz CT molecular complexity index is 460. The Labute approximate surface area is 111 Å². The van der Waals surface area contributed by atoms with Gasteiger partial charge >= 0.3 is 0 Å². The van der Waals surface area contributed by atoms with Crippen molar-refractivity contribution in [1.29, 1.82) is 0 Å². The fraction of sp³-hybridized carbons (Fsp3) is 0.462. The molecule has 0 N–H and O–H groups in total. The van der Waals surface area contributed by atoms with Gasteiger partial charge in [0.05, 0.1) is 11.5 Å². The van der Waals surface area contributed by atoms with Gasteiger partial charge in [0, 0.05) is 6.92 Å². The zero-order chi connectivity index (χ0) is 13.7. The standard InChI is InChI=1S/C13H19NO3S/c1-6-16-12(5)14-17-18(15)13-10(3)7-9(2)8-11(13)4/h7-8H,6H2,1-5H3/b14-12+. The summed E-state index contributed by atoms with van der Waals surface area (Å²) in [6.07, 6.45) is 0. The minimum absolute atomic E-state index is 0.369. The predicted octanol–water partition coefficient (Wildman–Crippen LogP) is 3.02. The molecule has 1 unspecified atom stereocenters. The van der Waals surface area contributed by atoms with E-state index in [1.54, 1.807) is 6.92 Å². The van der Waals surface area contributed by atoms with Gasteiger partial charge in [-0.25, -0.2) is 4.21 Å². The summed E-state index contributed by atoms with van der Waals surface area (Å²) < 4.78 is 22.1. The van der Waals surface area contributed by atoms with Crippen molar-refractivity contribution in [1.82, 2.24) is 0 Å². The lowest BCUT2D eigenvalue weighted by molar-refractivity contribution is 0.287. The highest BCUT2D eigenvalue weighted by Crippen LogP contribution is 2.21. The fourth-order valence-electron chi connectivity index (χ4n) is 1.79. The van der Waals surface area contributed by atoms with E-state index in [0.29, 0.717) is 17.4 Å². The van der Waals surface area contributed by atoms with Crippen LogP contribution in [0.1, 0.15) is 30.5 Å². The van der Waals surface area contributed by atoms with Gasteiger partial charge in [-0.05, 0) is 44.0 Å². The zero-order valence-corrected chi connectivity index (χ0v) is 12.3. The second-order valence-electron chi connectivity index (χ2n) is 4.08. The summed E-state index contributed by atoms with van der Waals surface area (Å²) >= 11 is -1.61. The van der Waals surface area contributed by atoms with E-state index in [1.807, 2.05) is 39.8 Å². The molecule has 1 aromatic rings. The monoisotopic (exact) mass is 269 g/mol. The number of aryl methyl sites for hydroxylation is 3. The average Bonchev–Trinajstić information content (AvgIpc) is 2.25. The Morgan fingerprint density at radius 3 is 2.33 bits per heavy atom. The number of benzene rings is 1.